The van der Waals surface area contributed by atoms with Gasteiger partial charge in [-0.05, 0) is 37.8 Å². The Kier molecular flexibility index (Phi) is 7.24. The molecule has 1 aliphatic carbocycles. The molecule has 2 aromatic rings. The molecule has 3 unspecified atom stereocenters. The van der Waals surface area contributed by atoms with Crippen LogP contribution < -0.4 is 10.1 Å². The van der Waals surface area contributed by atoms with Gasteiger partial charge < -0.3 is 14.6 Å². The second-order valence-electron chi connectivity index (χ2n) is 7.31. The Morgan fingerprint density at radius 1 is 1.36 bits per heavy atom. The number of carbonyl (C=O) groups excluding carboxylic acids is 1. The largest absolute Gasteiger partial charge is 0.484 e. The number of benzene rings is 1. The first kappa shape index (κ1) is 21.0. The molecule has 0 aliphatic heterocycles. The molecule has 0 spiro atoms. The van der Waals surface area contributed by atoms with Gasteiger partial charge in [-0.1, -0.05) is 55.3 Å². The summed E-state index contributed by atoms with van der Waals surface area (Å²) in [6, 6.07) is 7.60. The highest BCUT2D eigenvalue weighted by Gasteiger charge is 2.26. The number of halogens is 1. The topological polar surface area (TPSA) is 69.0 Å². The maximum absolute atomic E-state index is 12.6. The lowest BCUT2D eigenvalue weighted by molar-refractivity contribution is -0.121. The van der Waals surface area contributed by atoms with Crippen LogP contribution in [0.5, 0.6) is 5.75 Å². The van der Waals surface area contributed by atoms with Gasteiger partial charge in [0.25, 0.3) is 0 Å². The van der Waals surface area contributed by atoms with Crippen LogP contribution in [-0.2, 0) is 18.4 Å². The van der Waals surface area contributed by atoms with Gasteiger partial charge in [-0.3, -0.25) is 4.79 Å². The Hall–Kier alpha value is -1.73. The van der Waals surface area contributed by atoms with Crippen molar-refractivity contribution in [1.29, 1.82) is 0 Å². The second kappa shape index (κ2) is 9.65. The average molecular weight is 423 g/mol. The summed E-state index contributed by atoms with van der Waals surface area (Å²) in [4.78, 5) is 12.6. The van der Waals surface area contributed by atoms with Crippen LogP contribution in [0.3, 0.4) is 0 Å². The predicted octanol–water partition coefficient (Wildman–Crippen LogP) is 4.22. The molecule has 1 heterocycles. The van der Waals surface area contributed by atoms with Gasteiger partial charge in [0.1, 0.15) is 12.4 Å². The monoisotopic (exact) mass is 422 g/mol. The Bertz CT molecular complexity index is 813. The number of nitrogens with one attached hydrogen (secondary N) is 1. The Balaban J connectivity index is 1.55. The van der Waals surface area contributed by atoms with Gasteiger partial charge in [0.2, 0.25) is 5.91 Å². The summed E-state index contributed by atoms with van der Waals surface area (Å²) in [5, 5.41) is 12.6. The lowest BCUT2D eigenvalue weighted by atomic mass is 9.86. The zero-order valence-corrected chi connectivity index (χ0v) is 18.1. The molecular weight excluding hydrogens is 396 g/mol. The number of para-hydroxylation sites is 1. The summed E-state index contributed by atoms with van der Waals surface area (Å²) >= 11 is 7.52. The maximum Gasteiger partial charge on any atom is 0.233 e. The Morgan fingerprint density at radius 2 is 2.11 bits per heavy atom. The number of carbonyl (C=O) groups is 1. The molecule has 1 aromatic carbocycles. The molecule has 0 saturated heterocycles. The van der Waals surface area contributed by atoms with Crippen LogP contribution in [0.1, 0.15) is 45.4 Å². The van der Waals surface area contributed by atoms with Crippen LogP contribution in [0.4, 0.5) is 0 Å². The minimum absolute atomic E-state index is 0.0561. The molecule has 0 bridgehead atoms. The van der Waals surface area contributed by atoms with Crippen molar-refractivity contribution in [3.05, 3.63) is 35.1 Å². The normalized spacial score (nSPS) is 20.6. The summed E-state index contributed by atoms with van der Waals surface area (Å²) in [5.41, 5.74) is 0. The first-order valence-electron chi connectivity index (χ1n) is 9.68. The number of hydrogen-bond acceptors (Lipinski definition) is 5. The molecule has 1 aliphatic rings. The molecule has 1 amide bonds. The van der Waals surface area contributed by atoms with Crippen molar-refractivity contribution in [3.63, 3.8) is 0 Å². The van der Waals surface area contributed by atoms with E-state index < -0.39 is 0 Å². The van der Waals surface area contributed by atoms with E-state index >= 15 is 0 Å². The van der Waals surface area contributed by atoms with Crippen LogP contribution in [0.15, 0.2) is 29.4 Å². The third kappa shape index (κ3) is 5.20. The third-order valence-electron chi connectivity index (χ3n) is 5.21. The molecule has 28 heavy (non-hydrogen) atoms. The van der Waals surface area contributed by atoms with Crippen LogP contribution >= 0.6 is 23.4 Å². The first-order valence-corrected chi connectivity index (χ1v) is 10.9. The van der Waals surface area contributed by atoms with E-state index in [1.54, 1.807) is 6.07 Å². The highest BCUT2D eigenvalue weighted by atomic mass is 35.5. The first-order chi connectivity index (χ1) is 13.5. The van der Waals surface area contributed by atoms with E-state index in [0.717, 1.165) is 6.42 Å². The summed E-state index contributed by atoms with van der Waals surface area (Å²) in [5.74, 6) is 1.88. The standard InChI is InChI=1S/C20H27ClN4O2S/c1-13-8-4-6-10-16(13)22-19(26)14(2)28-20-24-23-18(25(20)3)12-27-17-11-7-5-9-15(17)21/h5,7,9,11,13-14,16H,4,6,8,10,12H2,1-3H3,(H,22,26). The van der Waals surface area contributed by atoms with Gasteiger partial charge >= 0.3 is 0 Å². The molecule has 1 N–H and O–H groups in total. The fraction of sp³-hybridized carbons (Fsp3) is 0.550. The molecule has 3 atom stereocenters. The van der Waals surface area contributed by atoms with Crippen molar-refractivity contribution >= 4 is 29.3 Å². The number of rotatable bonds is 7. The van der Waals surface area contributed by atoms with E-state index in [9.17, 15) is 4.79 Å². The van der Waals surface area contributed by atoms with Gasteiger partial charge in [0.05, 0.1) is 10.3 Å². The lowest BCUT2D eigenvalue weighted by Gasteiger charge is -2.30. The number of nitrogens with zero attached hydrogens (tertiary/aromatic N) is 3. The SMILES string of the molecule is CC(Sc1nnc(COc2ccccc2Cl)n1C)C(=O)NC1CCCCC1C. The molecule has 1 fully saturated rings. The van der Waals surface area contributed by atoms with Crippen LogP contribution in [-0.4, -0.2) is 32.0 Å². The van der Waals surface area contributed by atoms with E-state index in [0.29, 0.717) is 27.7 Å². The number of thioether (sulfide) groups is 1. The molecule has 152 valence electrons. The van der Waals surface area contributed by atoms with Crippen molar-refractivity contribution < 1.29 is 9.53 Å². The van der Waals surface area contributed by atoms with Crippen molar-refractivity contribution in [2.45, 2.75) is 62.6 Å². The molecule has 1 aromatic heterocycles. The zero-order valence-electron chi connectivity index (χ0n) is 16.5. The van der Waals surface area contributed by atoms with Crippen molar-refractivity contribution in [1.82, 2.24) is 20.1 Å². The van der Waals surface area contributed by atoms with Crippen LogP contribution in [0, 0.1) is 5.92 Å². The van der Waals surface area contributed by atoms with Crippen LogP contribution in [0.2, 0.25) is 5.02 Å². The van der Waals surface area contributed by atoms with Crippen molar-refractivity contribution in [2.24, 2.45) is 13.0 Å². The van der Waals surface area contributed by atoms with Crippen molar-refractivity contribution in [2.75, 3.05) is 0 Å². The summed E-state index contributed by atoms with van der Waals surface area (Å²) in [6.45, 7) is 4.38. The van der Waals surface area contributed by atoms with E-state index in [1.807, 2.05) is 36.7 Å². The number of hydrogen-bond donors (Lipinski definition) is 1. The van der Waals surface area contributed by atoms with E-state index in [1.165, 1.54) is 31.0 Å². The molecule has 6 nitrogen and oxygen atoms in total. The van der Waals surface area contributed by atoms with Crippen LogP contribution in [0.25, 0.3) is 0 Å². The third-order valence-corrected chi connectivity index (χ3v) is 6.66. The lowest BCUT2D eigenvalue weighted by Crippen LogP contribution is -2.44. The van der Waals surface area contributed by atoms with Gasteiger partial charge in [0, 0.05) is 13.1 Å². The fourth-order valence-corrected chi connectivity index (χ4v) is 4.35. The smallest absolute Gasteiger partial charge is 0.233 e. The predicted molar refractivity (Wildman–Crippen MR) is 112 cm³/mol. The fourth-order valence-electron chi connectivity index (χ4n) is 3.32. The quantitative estimate of drug-likeness (QED) is 0.676. The molecule has 0 radical (unpaired) electrons. The van der Waals surface area contributed by atoms with Gasteiger partial charge in [-0.25, -0.2) is 0 Å². The summed E-state index contributed by atoms with van der Waals surface area (Å²) in [7, 11) is 1.88. The molecule has 3 rings (SSSR count). The minimum atomic E-state index is -0.241. The minimum Gasteiger partial charge on any atom is -0.484 e. The van der Waals surface area contributed by atoms with E-state index in [-0.39, 0.29) is 23.8 Å². The number of amides is 1. The number of aromatic nitrogens is 3. The highest BCUT2D eigenvalue weighted by molar-refractivity contribution is 8.00. The van der Waals surface area contributed by atoms with E-state index in [2.05, 4.69) is 22.4 Å². The maximum atomic E-state index is 12.6. The summed E-state index contributed by atoms with van der Waals surface area (Å²) < 4.78 is 7.59. The number of ether oxygens (including phenoxy) is 1. The molecular formula is C20H27ClN4O2S. The van der Waals surface area contributed by atoms with Gasteiger partial charge in [-0.15, -0.1) is 10.2 Å². The van der Waals surface area contributed by atoms with Gasteiger partial charge in [0.15, 0.2) is 11.0 Å². The van der Waals surface area contributed by atoms with Gasteiger partial charge in [-0.2, -0.15) is 0 Å². The second-order valence-corrected chi connectivity index (χ2v) is 9.03. The Labute approximate surface area is 175 Å². The summed E-state index contributed by atoms with van der Waals surface area (Å²) in [6.07, 6.45) is 4.70. The average Bonchev–Trinajstić information content (AvgIpc) is 3.02. The Morgan fingerprint density at radius 3 is 2.86 bits per heavy atom. The zero-order chi connectivity index (χ0) is 20.1. The van der Waals surface area contributed by atoms with Crippen molar-refractivity contribution in [3.8, 4) is 5.75 Å². The molecule has 1 saturated carbocycles. The highest BCUT2D eigenvalue weighted by Crippen LogP contribution is 2.27. The van der Waals surface area contributed by atoms with E-state index in [4.69, 9.17) is 16.3 Å². The molecule has 8 heteroatoms.